The largest absolute Gasteiger partial charge is 0.355 e. The van der Waals surface area contributed by atoms with Gasteiger partial charge >= 0.3 is 0 Å². The first-order chi connectivity index (χ1) is 12.3. The van der Waals surface area contributed by atoms with Gasteiger partial charge in [0, 0.05) is 18.5 Å². The zero-order chi connectivity index (χ0) is 19.3. The van der Waals surface area contributed by atoms with Gasteiger partial charge in [-0.15, -0.1) is 23.1 Å². The molecular weight excluding hydrogens is 372 g/mol. The van der Waals surface area contributed by atoms with Gasteiger partial charge in [-0.2, -0.15) is 0 Å². The molecule has 0 saturated heterocycles. The zero-order valence-corrected chi connectivity index (χ0v) is 17.1. The summed E-state index contributed by atoms with van der Waals surface area (Å²) in [5.74, 6) is 0.926. The van der Waals surface area contributed by atoms with Crippen molar-refractivity contribution in [1.29, 1.82) is 0 Å². The van der Waals surface area contributed by atoms with Crippen LogP contribution in [0.15, 0.2) is 4.79 Å². The van der Waals surface area contributed by atoms with E-state index in [0.717, 1.165) is 21.7 Å². The number of hydrogen-bond donors (Lipinski definition) is 2. The zero-order valence-electron chi connectivity index (χ0n) is 15.5. The summed E-state index contributed by atoms with van der Waals surface area (Å²) in [6.45, 7) is 6.53. The minimum Gasteiger partial charge on any atom is -0.355 e. The Morgan fingerprint density at radius 1 is 1.35 bits per heavy atom. The lowest BCUT2D eigenvalue weighted by molar-refractivity contribution is -0.132. The molecule has 2 rings (SSSR count). The third kappa shape index (κ3) is 5.07. The fourth-order valence-electron chi connectivity index (χ4n) is 2.34. The van der Waals surface area contributed by atoms with Gasteiger partial charge in [-0.1, -0.05) is 6.92 Å². The van der Waals surface area contributed by atoms with E-state index < -0.39 is 0 Å². The molecule has 26 heavy (non-hydrogen) atoms. The Morgan fingerprint density at radius 3 is 2.77 bits per heavy atom. The maximum atomic E-state index is 12.2. The predicted octanol–water partition coefficient (Wildman–Crippen LogP) is 1.82. The maximum absolute atomic E-state index is 12.2. The fourth-order valence-corrected chi connectivity index (χ4v) is 4.21. The van der Waals surface area contributed by atoms with E-state index in [9.17, 15) is 14.4 Å². The average molecular weight is 397 g/mol. The summed E-state index contributed by atoms with van der Waals surface area (Å²) in [5, 5.41) is 3.39. The van der Waals surface area contributed by atoms with Gasteiger partial charge in [-0.3, -0.25) is 14.4 Å². The number of thioether (sulfide) groups is 1. The first-order valence-electron chi connectivity index (χ1n) is 8.40. The molecule has 2 aromatic rings. The lowest BCUT2D eigenvalue weighted by atomic mass is 10.2. The smallest absolute Gasteiger partial charge is 0.259 e. The number of aromatic amines is 1. The van der Waals surface area contributed by atoms with Crippen molar-refractivity contribution in [3.63, 3.8) is 0 Å². The number of nitrogens with one attached hydrogen (secondary N) is 2. The summed E-state index contributed by atoms with van der Waals surface area (Å²) < 4.78 is 0. The Hall–Kier alpha value is -1.87. The van der Waals surface area contributed by atoms with Crippen LogP contribution in [0, 0.1) is 13.8 Å². The molecule has 2 amide bonds. The molecule has 2 heterocycles. The quantitative estimate of drug-likeness (QED) is 0.710. The number of aromatic nitrogens is 2. The van der Waals surface area contributed by atoms with Crippen molar-refractivity contribution < 1.29 is 9.59 Å². The van der Waals surface area contributed by atoms with Crippen molar-refractivity contribution >= 4 is 45.1 Å². The van der Waals surface area contributed by atoms with Gasteiger partial charge in [0.25, 0.3) is 5.56 Å². The molecule has 7 nitrogen and oxygen atoms in total. The maximum Gasteiger partial charge on any atom is 0.259 e. The summed E-state index contributed by atoms with van der Waals surface area (Å²) in [5.41, 5.74) is 0.833. The summed E-state index contributed by atoms with van der Waals surface area (Å²) in [6.07, 6.45) is 0.859. The van der Waals surface area contributed by atoms with E-state index in [0.29, 0.717) is 23.5 Å². The van der Waals surface area contributed by atoms with Crippen LogP contribution in [0.2, 0.25) is 0 Å². The molecule has 0 fully saturated rings. The van der Waals surface area contributed by atoms with Crippen LogP contribution < -0.4 is 10.9 Å². The molecule has 0 aliphatic heterocycles. The topological polar surface area (TPSA) is 95.2 Å². The van der Waals surface area contributed by atoms with Gasteiger partial charge in [0.2, 0.25) is 11.8 Å². The fraction of sp³-hybridized carbons (Fsp3) is 0.529. The van der Waals surface area contributed by atoms with E-state index in [4.69, 9.17) is 0 Å². The third-order valence-electron chi connectivity index (χ3n) is 3.93. The molecule has 0 aliphatic carbocycles. The lowest BCUT2D eigenvalue weighted by Crippen LogP contribution is -2.39. The molecule has 0 bridgehead atoms. The first kappa shape index (κ1) is 20.4. The van der Waals surface area contributed by atoms with Crippen molar-refractivity contribution in [3.05, 3.63) is 26.6 Å². The van der Waals surface area contributed by atoms with Crippen LogP contribution >= 0.6 is 23.1 Å². The molecule has 142 valence electrons. The minimum absolute atomic E-state index is 0.0498. The third-order valence-corrected chi connectivity index (χ3v) is 5.96. The number of amides is 2. The van der Waals surface area contributed by atoms with Crippen LogP contribution in [0.25, 0.3) is 10.2 Å². The van der Waals surface area contributed by atoms with E-state index >= 15 is 0 Å². The van der Waals surface area contributed by atoms with Crippen LogP contribution in [0.1, 0.15) is 29.6 Å². The molecule has 0 spiro atoms. The molecule has 0 atom stereocenters. The number of rotatable bonds is 8. The van der Waals surface area contributed by atoms with Crippen molar-refractivity contribution in [2.45, 2.75) is 32.9 Å². The van der Waals surface area contributed by atoms with Gasteiger partial charge in [0.05, 0.1) is 23.4 Å². The molecule has 0 aromatic carbocycles. The Balaban J connectivity index is 1.89. The highest BCUT2D eigenvalue weighted by Gasteiger charge is 2.14. The van der Waals surface area contributed by atoms with Crippen LogP contribution in [-0.2, 0) is 15.3 Å². The molecule has 2 N–H and O–H groups in total. The van der Waals surface area contributed by atoms with Crippen LogP contribution in [0.5, 0.6) is 0 Å². The van der Waals surface area contributed by atoms with Crippen LogP contribution in [-0.4, -0.2) is 52.6 Å². The number of likely N-dealkylation sites (N-methyl/N-ethyl adjacent to an activating group) is 1. The number of nitrogens with zero attached hydrogens (tertiary/aromatic N) is 2. The number of carbonyl (C=O) groups excluding carboxylic acids is 2. The Bertz CT molecular complexity index is 860. The van der Waals surface area contributed by atoms with Gasteiger partial charge in [-0.05, 0) is 25.8 Å². The second-order valence-corrected chi connectivity index (χ2v) is 8.26. The van der Waals surface area contributed by atoms with Gasteiger partial charge in [0.1, 0.15) is 10.7 Å². The van der Waals surface area contributed by atoms with Gasteiger partial charge < -0.3 is 15.2 Å². The average Bonchev–Trinajstić information content (AvgIpc) is 2.87. The Morgan fingerprint density at radius 2 is 2.08 bits per heavy atom. The highest BCUT2D eigenvalue weighted by atomic mass is 32.2. The summed E-state index contributed by atoms with van der Waals surface area (Å²) in [6, 6.07) is 0. The van der Waals surface area contributed by atoms with E-state index in [1.807, 2.05) is 20.8 Å². The molecule has 0 saturated carbocycles. The molecule has 0 radical (unpaired) electrons. The number of hydrogen-bond acceptors (Lipinski definition) is 6. The highest BCUT2D eigenvalue weighted by molar-refractivity contribution is 7.99. The molecule has 0 aliphatic rings. The summed E-state index contributed by atoms with van der Waals surface area (Å²) in [4.78, 5) is 46.5. The first-order valence-corrected chi connectivity index (χ1v) is 10.4. The number of thiophene rings is 1. The predicted molar refractivity (Wildman–Crippen MR) is 107 cm³/mol. The van der Waals surface area contributed by atoms with Crippen molar-refractivity contribution in [2.24, 2.45) is 0 Å². The van der Waals surface area contributed by atoms with Crippen molar-refractivity contribution in [2.75, 3.05) is 25.9 Å². The molecule has 2 aromatic heterocycles. The second kappa shape index (κ2) is 9.18. The normalized spacial score (nSPS) is 10.9. The number of aryl methyl sites for hydroxylation is 2. The van der Waals surface area contributed by atoms with Crippen molar-refractivity contribution in [1.82, 2.24) is 20.2 Å². The van der Waals surface area contributed by atoms with Gasteiger partial charge in [0.15, 0.2) is 0 Å². The van der Waals surface area contributed by atoms with E-state index in [2.05, 4.69) is 15.3 Å². The highest BCUT2D eigenvalue weighted by Crippen LogP contribution is 2.26. The van der Waals surface area contributed by atoms with Crippen LogP contribution in [0.3, 0.4) is 0 Å². The van der Waals surface area contributed by atoms with E-state index in [-0.39, 0.29) is 29.7 Å². The van der Waals surface area contributed by atoms with E-state index in [1.165, 1.54) is 28.0 Å². The monoisotopic (exact) mass is 396 g/mol. The minimum atomic E-state index is -0.160. The summed E-state index contributed by atoms with van der Waals surface area (Å²) in [7, 11) is 1.61. The van der Waals surface area contributed by atoms with E-state index in [1.54, 1.807) is 7.05 Å². The number of H-pyrrole nitrogens is 1. The number of fused-ring (bicyclic) bond motifs is 1. The summed E-state index contributed by atoms with van der Waals surface area (Å²) >= 11 is 2.87. The molecule has 0 unspecified atom stereocenters. The Labute approximate surface area is 160 Å². The molecule has 9 heteroatoms. The molecular formula is C17H24N4O3S2. The van der Waals surface area contributed by atoms with Crippen molar-refractivity contribution in [3.8, 4) is 0 Å². The van der Waals surface area contributed by atoms with Crippen LogP contribution in [0.4, 0.5) is 0 Å². The SMILES string of the molecule is CCCNC(=O)CN(C)C(=O)CSCc1nc2sc(C)c(C)c2c(=O)[nH]1. The second-order valence-electron chi connectivity index (χ2n) is 6.07. The lowest BCUT2D eigenvalue weighted by Gasteiger charge is -2.16. The van der Waals surface area contributed by atoms with Gasteiger partial charge in [-0.25, -0.2) is 4.98 Å². The Kier molecular flexibility index (Phi) is 7.22. The number of carbonyl (C=O) groups is 2. The standard InChI is InChI=1S/C17H24N4O3S2/c1-5-6-18-13(22)7-21(4)14(23)9-25-8-12-19-16(24)15-10(2)11(3)26-17(15)20-12/h5-9H2,1-4H3,(H,18,22)(H,19,20,24).